The molecule has 3 nitrogen and oxygen atoms in total. The molecule has 2 aromatic rings. The van der Waals surface area contributed by atoms with E-state index in [4.69, 9.17) is 5.73 Å². The summed E-state index contributed by atoms with van der Waals surface area (Å²) in [5.74, 6) is -0.355. The molecule has 0 radical (unpaired) electrons. The second-order valence-corrected chi connectivity index (χ2v) is 4.04. The number of benzene rings is 1. The molecule has 0 saturated heterocycles. The first kappa shape index (κ1) is 11.3. The number of carbonyl (C=O) groups excluding carboxylic acids is 1. The van der Waals surface area contributed by atoms with Gasteiger partial charge < -0.3 is 5.73 Å². The Bertz CT molecular complexity index is 523. The molecule has 1 unspecified atom stereocenters. The predicted octanol–water partition coefficient (Wildman–Crippen LogP) is 1.36. The minimum Gasteiger partial charge on any atom is -0.364 e. The van der Waals surface area contributed by atoms with Gasteiger partial charge in [0.25, 0.3) is 11.9 Å². The largest absolute Gasteiger partial charge is 0.364 e. The number of nitrogens with two attached hydrogens (primary N) is 1. The molecule has 1 amide bonds. The van der Waals surface area contributed by atoms with Crippen LogP contribution in [-0.4, -0.2) is 5.91 Å². The fraction of sp³-hybridized carbons (Fsp3) is 0.143. The molecule has 17 heavy (non-hydrogen) atoms. The highest BCUT2D eigenvalue weighted by Gasteiger charge is 2.26. The number of pyridine rings is 1. The molecule has 0 saturated carbocycles. The molecular formula is C14H15N2O+. The molecule has 3 heteroatoms. The zero-order valence-electron chi connectivity index (χ0n) is 9.71. The maximum atomic E-state index is 11.6. The third-order valence-electron chi connectivity index (χ3n) is 2.66. The van der Waals surface area contributed by atoms with E-state index in [1.54, 1.807) is 0 Å². The Balaban J connectivity index is 2.47. The molecule has 1 atom stereocenters. The van der Waals surface area contributed by atoms with Gasteiger partial charge in [-0.05, 0) is 13.0 Å². The predicted molar refractivity (Wildman–Crippen MR) is 65.1 cm³/mol. The Morgan fingerprint density at radius 2 is 1.88 bits per heavy atom. The third kappa shape index (κ3) is 2.50. The monoisotopic (exact) mass is 227 g/mol. The van der Waals surface area contributed by atoms with E-state index >= 15 is 0 Å². The molecule has 1 heterocycles. The summed E-state index contributed by atoms with van der Waals surface area (Å²) in [4.78, 5) is 11.6. The van der Waals surface area contributed by atoms with Gasteiger partial charge in [-0.2, -0.15) is 4.57 Å². The Labute approximate surface area is 101 Å². The van der Waals surface area contributed by atoms with E-state index in [1.165, 1.54) is 0 Å². The molecule has 2 N–H and O–H groups in total. The van der Waals surface area contributed by atoms with Crippen molar-refractivity contribution in [1.82, 2.24) is 0 Å². The summed E-state index contributed by atoms with van der Waals surface area (Å²) in [7, 11) is 0. The lowest BCUT2D eigenvalue weighted by atomic mass is 10.0. The fourth-order valence-corrected chi connectivity index (χ4v) is 1.91. The highest BCUT2D eigenvalue weighted by atomic mass is 16.1. The second-order valence-electron chi connectivity index (χ2n) is 4.04. The van der Waals surface area contributed by atoms with Gasteiger partial charge in [0.2, 0.25) is 0 Å². The summed E-state index contributed by atoms with van der Waals surface area (Å²) in [6.45, 7) is 2.00. The molecule has 0 aliphatic heterocycles. The molecule has 86 valence electrons. The van der Waals surface area contributed by atoms with Gasteiger partial charge in [-0.15, -0.1) is 0 Å². The average Bonchev–Trinajstić information content (AvgIpc) is 2.30. The quantitative estimate of drug-likeness (QED) is 0.791. The van der Waals surface area contributed by atoms with Crippen LogP contribution in [0.3, 0.4) is 0 Å². The first-order valence-corrected chi connectivity index (χ1v) is 5.50. The Kier molecular flexibility index (Phi) is 3.19. The second kappa shape index (κ2) is 4.78. The van der Waals surface area contributed by atoms with Crippen LogP contribution in [0.15, 0.2) is 54.9 Å². The summed E-state index contributed by atoms with van der Waals surface area (Å²) < 4.78 is 1.82. The van der Waals surface area contributed by atoms with Crippen LogP contribution >= 0.6 is 0 Å². The van der Waals surface area contributed by atoms with Crippen molar-refractivity contribution in [3.8, 4) is 0 Å². The van der Waals surface area contributed by atoms with E-state index in [0.29, 0.717) is 0 Å². The van der Waals surface area contributed by atoms with Crippen molar-refractivity contribution in [3.05, 3.63) is 66.0 Å². The van der Waals surface area contributed by atoms with Gasteiger partial charge in [0.15, 0.2) is 12.4 Å². The van der Waals surface area contributed by atoms with Crippen LogP contribution in [0.1, 0.15) is 17.2 Å². The van der Waals surface area contributed by atoms with E-state index in [-0.39, 0.29) is 5.91 Å². The molecule has 0 aliphatic carbocycles. The van der Waals surface area contributed by atoms with Gasteiger partial charge in [0.1, 0.15) is 0 Å². The number of primary amides is 1. The first-order chi connectivity index (χ1) is 8.18. The van der Waals surface area contributed by atoms with Crippen molar-refractivity contribution in [2.45, 2.75) is 13.0 Å². The van der Waals surface area contributed by atoms with Gasteiger partial charge >= 0.3 is 0 Å². The van der Waals surface area contributed by atoms with Crippen LogP contribution in [0.25, 0.3) is 0 Å². The molecule has 1 aromatic heterocycles. The van der Waals surface area contributed by atoms with Crippen LogP contribution in [0.4, 0.5) is 0 Å². The SMILES string of the molecule is Cc1cccc(C(C(N)=O)[n+]2ccccc2)c1. The summed E-state index contributed by atoms with van der Waals surface area (Å²) in [5, 5.41) is 0. The zero-order chi connectivity index (χ0) is 12.3. The standard InChI is InChI=1S/C14H14N2O/c1-11-6-5-7-12(10-11)13(14(15)17)16-8-3-2-4-9-16/h2-10,13H,1H3,(H-,15,17)/p+1. The van der Waals surface area contributed by atoms with Crippen molar-refractivity contribution in [2.24, 2.45) is 5.73 Å². The third-order valence-corrected chi connectivity index (χ3v) is 2.66. The zero-order valence-corrected chi connectivity index (χ0v) is 9.71. The number of carbonyl (C=O) groups is 1. The lowest BCUT2D eigenvalue weighted by molar-refractivity contribution is -0.700. The molecule has 1 aromatic carbocycles. The highest BCUT2D eigenvalue weighted by molar-refractivity contribution is 5.80. The van der Waals surface area contributed by atoms with Crippen molar-refractivity contribution < 1.29 is 9.36 Å². The van der Waals surface area contributed by atoms with Crippen molar-refractivity contribution in [2.75, 3.05) is 0 Å². The number of rotatable bonds is 3. The van der Waals surface area contributed by atoms with E-state index < -0.39 is 6.04 Å². The number of hydrogen-bond acceptors (Lipinski definition) is 1. The van der Waals surface area contributed by atoms with Crippen LogP contribution in [-0.2, 0) is 4.79 Å². The maximum absolute atomic E-state index is 11.6. The molecular weight excluding hydrogens is 212 g/mol. The summed E-state index contributed by atoms with van der Waals surface area (Å²) >= 11 is 0. The average molecular weight is 227 g/mol. The lowest BCUT2D eigenvalue weighted by Gasteiger charge is -2.09. The summed E-state index contributed by atoms with van der Waals surface area (Å²) in [6.07, 6.45) is 3.69. The van der Waals surface area contributed by atoms with Crippen molar-refractivity contribution in [1.29, 1.82) is 0 Å². The smallest absolute Gasteiger partial charge is 0.291 e. The minimum atomic E-state index is -0.448. The Hall–Kier alpha value is -2.16. The topological polar surface area (TPSA) is 47.0 Å². The van der Waals surface area contributed by atoms with Gasteiger partial charge in [-0.3, -0.25) is 4.79 Å². The summed E-state index contributed by atoms with van der Waals surface area (Å²) in [6, 6.07) is 13.1. The van der Waals surface area contributed by atoms with Crippen LogP contribution in [0.5, 0.6) is 0 Å². The Morgan fingerprint density at radius 3 is 2.47 bits per heavy atom. The number of aryl methyl sites for hydroxylation is 1. The van der Waals surface area contributed by atoms with Gasteiger partial charge in [-0.1, -0.05) is 29.8 Å². The van der Waals surface area contributed by atoms with Crippen molar-refractivity contribution >= 4 is 5.91 Å². The molecule has 0 fully saturated rings. The van der Waals surface area contributed by atoms with Crippen LogP contribution in [0, 0.1) is 6.92 Å². The maximum Gasteiger partial charge on any atom is 0.291 e. The number of aromatic nitrogens is 1. The first-order valence-electron chi connectivity index (χ1n) is 5.50. The Morgan fingerprint density at radius 1 is 1.18 bits per heavy atom. The van der Waals surface area contributed by atoms with Crippen LogP contribution in [0.2, 0.25) is 0 Å². The van der Waals surface area contributed by atoms with E-state index in [2.05, 4.69) is 0 Å². The number of amides is 1. The lowest BCUT2D eigenvalue weighted by Crippen LogP contribution is -2.46. The van der Waals surface area contributed by atoms with Gasteiger partial charge in [0.05, 0.1) is 0 Å². The molecule has 0 aliphatic rings. The number of nitrogens with zero attached hydrogens (tertiary/aromatic N) is 1. The normalized spacial score (nSPS) is 12.1. The van der Waals surface area contributed by atoms with Gasteiger partial charge in [-0.25, -0.2) is 0 Å². The molecule has 0 spiro atoms. The summed E-state index contributed by atoms with van der Waals surface area (Å²) in [5.41, 5.74) is 7.52. The molecule has 0 bridgehead atoms. The molecule has 2 rings (SSSR count). The van der Waals surface area contributed by atoms with Gasteiger partial charge in [0, 0.05) is 17.7 Å². The fourth-order valence-electron chi connectivity index (χ4n) is 1.91. The van der Waals surface area contributed by atoms with Crippen LogP contribution < -0.4 is 10.3 Å². The van der Waals surface area contributed by atoms with E-state index in [1.807, 2.05) is 66.3 Å². The van der Waals surface area contributed by atoms with E-state index in [0.717, 1.165) is 11.1 Å². The highest BCUT2D eigenvalue weighted by Crippen LogP contribution is 2.13. The minimum absolute atomic E-state index is 0.355. The van der Waals surface area contributed by atoms with E-state index in [9.17, 15) is 4.79 Å². The van der Waals surface area contributed by atoms with Crippen molar-refractivity contribution in [3.63, 3.8) is 0 Å². The number of hydrogen-bond donors (Lipinski definition) is 1.